The van der Waals surface area contributed by atoms with E-state index in [2.05, 4.69) is 0 Å². The van der Waals surface area contributed by atoms with E-state index in [0.717, 1.165) is 6.42 Å². The molecule has 0 aromatic carbocycles. The lowest BCUT2D eigenvalue weighted by Crippen LogP contribution is -2.24. The predicted molar refractivity (Wildman–Crippen MR) is 59.1 cm³/mol. The molecule has 1 saturated heterocycles. The molecular formula is C12H17NO2. The van der Waals surface area contributed by atoms with E-state index in [-0.39, 0.29) is 11.8 Å². The third-order valence-corrected chi connectivity index (χ3v) is 2.51. The maximum Gasteiger partial charge on any atom is 0.260 e. The molecule has 15 heavy (non-hydrogen) atoms. The predicted octanol–water partition coefficient (Wildman–Crippen LogP) is 1.90. The van der Waals surface area contributed by atoms with E-state index in [4.69, 9.17) is 0 Å². The van der Waals surface area contributed by atoms with Crippen LogP contribution in [0.3, 0.4) is 0 Å². The highest BCUT2D eigenvalue weighted by atomic mass is 16.2. The van der Waals surface area contributed by atoms with Crippen LogP contribution in [-0.4, -0.2) is 23.8 Å². The zero-order valence-corrected chi connectivity index (χ0v) is 9.70. The second kappa shape index (κ2) is 4.43. The number of likely N-dealkylation sites (N-methyl/N-ethyl adjacent to an activating group) is 1. The molecule has 1 aliphatic heterocycles. The molecule has 3 heteroatoms. The number of imide groups is 1. The van der Waals surface area contributed by atoms with E-state index >= 15 is 0 Å². The highest BCUT2D eigenvalue weighted by molar-refractivity contribution is 6.24. The fraction of sp³-hybridized carbons (Fsp3) is 0.500. The molecule has 1 atom stereocenters. The number of carbonyl (C=O) groups excluding carboxylic acids is 2. The maximum absolute atomic E-state index is 11.5. The molecular weight excluding hydrogens is 190 g/mol. The zero-order valence-electron chi connectivity index (χ0n) is 9.70. The average molecular weight is 207 g/mol. The van der Waals surface area contributed by atoms with Gasteiger partial charge in [0.15, 0.2) is 0 Å². The van der Waals surface area contributed by atoms with Crippen LogP contribution in [0.15, 0.2) is 23.3 Å². The van der Waals surface area contributed by atoms with E-state index in [9.17, 15) is 9.59 Å². The van der Waals surface area contributed by atoms with Gasteiger partial charge in [-0.3, -0.25) is 14.5 Å². The molecule has 0 bridgehead atoms. The first-order chi connectivity index (χ1) is 7.11. The van der Waals surface area contributed by atoms with Gasteiger partial charge < -0.3 is 0 Å². The molecule has 0 spiro atoms. The summed E-state index contributed by atoms with van der Waals surface area (Å²) in [7, 11) is 1.52. The summed E-state index contributed by atoms with van der Waals surface area (Å²) in [5, 5.41) is 0. The van der Waals surface area contributed by atoms with E-state index in [0.29, 0.717) is 17.1 Å². The number of amides is 2. The Kier molecular flexibility index (Phi) is 3.45. The summed E-state index contributed by atoms with van der Waals surface area (Å²) >= 11 is 0. The topological polar surface area (TPSA) is 37.4 Å². The molecule has 0 unspecified atom stereocenters. The van der Waals surface area contributed by atoms with Crippen molar-refractivity contribution in [3.05, 3.63) is 23.3 Å². The third kappa shape index (κ3) is 1.87. The standard InChI is InChI=1S/C10H11NO2.C2H6/c1-6-3-4-7-8(5-6)10(13)11(2)9(7)12;1-2/h4-6H,3H2,1-2H3;1-2H3/t6-;/m1./s1. The molecule has 2 aliphatic rings. The van der Waals surface area contributed by atoms with Gasteiger partial charge in [0.1, 0.15) is 0 Å². The Morgan fingerprint density at radius 2 is 1.73 bits per heavy atom. The van der Waals surface area contributed by atoms with Crippen LogP contribution in [0.1, 0.15) is 27.2 Å². The van der Waals surface area contributed by atoms with Crippen molar-refractivity contribution >= 4 is 11.8 Å². The number of nitrogens with zero attached hydrogens (tertiary/aromatic N) is 1. The number of carbonyl (C=O) groups is 2. The van der Waals surface area contributed by atoms with Crippen molar-refractivity contribution in [2.45, 2.75) is 27.2 Å². The minimum absolute atomic E-state index is 0.164. The van der Waals surface area contributed by atoms with Crippen LogP contribution in [0, 0.1) is 5.92 Å². The summed E-state index contributed by atoms with van der Waals surface area (Å²) in [4.78, 5) is 24.1. The Morgan fingerprint density at radius 3 is 2.33 bits per heavy atom. The van der Waals surface area contributed by atoms with E-state index in [1.165, 1.54) is 11.9 Å². The van der Waals surface area contributed by atoms with Crippen LogP contribution in [-0.2, 0) is 9.59 Å². The molecule has 1 fully saturated rings. The fourth-order valence-corrected chi connectivity index (χ4v) is 1.70. The summed E-state index contributed by atoms with van der Waals surface area (Å²) in [6.07, 6.45) is 4.61. The van der Waals surface area contributed by atoms with Gasteiger partial charge in [0.25, 0.3) is 11.8 Å². The van der Waals surface area contributed by atoms with Crippen molar-refractivity contribution in [1.29, 1.82) is 0 Å². The maximum atomic E-state index is 11.5. The number of fused-ring (bicyclic) bond motifs is 1. The fourth-order valence-electron chi connectivity index (χ4n) is 1.70. The third-order valence-electron chi connectivity index (χ3n) is 2.51. The quantitative estimate of drug-likeness (QED) is 0.569. The highest BCUT2D eigenvalue weighted by Crippen LogP contribution is 2.30. The Morgan fingerprint density at radius 1 is 1.20 bits per heavy atom. The molecule has 0 aromatic heterocycles. The Bertz CT molecular complexity index is 353. The summed E-state index contributed by atoms with van der Waals surface area (Å²) < 4.78 is 0. The Hall–Kier alpha value is -1.38. The molecule has 1 heterocycles. The highest BCUT2D eigenvalue weighted by Gasteiger charge is 2.37. The van der Waals surface area contributed by atoms with Gasteiger partial charge in [0.2, 0.25) is 0 Å². The number of hydrogen-bond donors (Lipinski definition) is 0. The van der Waals surface area contributed by atoms with Crippen molar-refractivity contribution in [3.8, 4) is 0 Å². The van der Waals surface area contributed by atoms with E-state index < -0.39 is 0 Å². The van der Waals surface area contributed by atoms with Crippen molar-refractivity contribution in [2.24, 2.45) is 5.92 Å². The van der Waals surface area contributed by atoms with Gasteiger partial charge >= 0.3 is 0 Å². The molecule has 0 aromatic rings. The minimum atomic E-state index is -0.164. The number of rotatable bonds is 0. The largest absolute Gasteiger partial charge is 0.277 e. The molecule has 3 nitrogen and oxygen atoms in total. The van der Waals surface area contributed by atoms with E-state index in [1.54, 1.807) is 0 Å². The average Bonchev–Trinajstić information content (AvgIpc) is 2.47. The first-order valence-corrected chi connectivity index (χ1v) is 5.36. The lowest BCUT2D eigenvalue weighted by Gasteiger charge is -2.09. The SMILES string of the molecule is CC.C[C@H]1C=C2C(=O)N(C)C(=O)C2=CC1. The lowest BCUT2D eigenvalue weighted by atomic mass is 9.93. The first-order valence-electron chi connectivity index (χ1n) is 5.36. The lowest BCUT2D eigenvalue weighted by molar-refractivity contribution is -0.134. The van der Waals surface area contributed by atoms with Crippen LogP contribution in [0.2, 0.25) is 0 Å². The van der Waals surface area contributed by atoms with Crippen LogP contribution < -0.4 is 0 Å². The van der Waals surface area contributed by atoms with Crippen molar-refractivity contribution in [2.75, 3.05) is 7.05 Å². The smallest absolute Gasteiger partial charge is 0.260 e. The number of hydrogen-bond acceptors (Lipinski definition) is 2. The summed E-state index contributed by atoms with van der Waals surface area (Å²) in [5.74, 6) is 0.0351. The van der Waals surface area contributed by atoms with Crippen LogP contribution in [0.4, 0.5) is 0 Å². The summed E-state index contributed by atoms with van der Waals surface area (Å²) in [6.45, 7) is 6.04. The van der Waals surface area contributed by atoms with Gasteiger partial charge in [0.05, 0.1) is 0 Å². The van der Waals surface area contributed by atoms with Gasteiger partial charge in [-0.1, -0.05) is 32.9 Å². The van der Waals surface area contributed by atoms with Crippen LogP contribution >= 0.6 is 0 Å². The Labute approximate surface area is 90.5 Å². The monoisotopic (exact) mass is 207 g/mol. The molecule has 0 radical (unpaired) electrons. The van der Waals surface area contributed by atoms with Gasteiger partial charge in [-0.05, 0) is 12.3 Å². The van der Waals surface area contributed by atoms with Crippen molar-refractivity contribution < 1.29 is 9.59 Å². The normalized spacial score (nSPS) is 24.0. The molecule has 0 saturated carbocycles. The first kappa shape index (κ1) is 11.7. The minimum Gasteiger partial charge on any atom is -0.277 e. The molecule has 2 amide bonds. The van der Waals surface area contributed by atoms with Gasteiger partial charge in [-0.25, -0.2) is 0 Å². The van der Waals surface area contributed by atoms with Gasteiger partial charge in [-0.2, -0.15) is 0 Å². The van der Waals surface area contributed by atoms with Crippen LogP contribution in [0.25, 0.3) is 0 Å². The number of allylic oxidation sites excluding steroid dienone is 2. The second-order valence-corrected chi connectivity index (χ2v) is 3.58. The van der Waals surface area contributed by atoms with Crippen molar-refractivity contribution in [1.82, 2.24) is 4.90 Å². The molecule has 0 N–H and O–H groups in total. The van der Waals surface area contributed by atoms with Gasteiger partial charge in [0, 0.05) is 18.2 Å². The second-order valence-electron chi connectivity index (χ2n) is 3.58. The van der Waals surface area contributed by atoms with Gasteiger partial charge in [-0.15, -0.1) is 0 Å². The number of likely N-dealkylation sites (tertiary alicyclic amines) is 1. The molecule has 82 valence electrons. The Balaban J connectivity index is 0.000000531. The zero-order chi connectivity index (χ0) is 11.6. The summed E-state index contributed by atoms with van der Waals surface area (Å²) in [5.41, 5.74) is 1.18. The summed E-state index contributed by atoms with van der Waals surface area (Å²) in [6, 6.07) is 0. The molecule has 1 aliphatic carbocycles. The molecule has 2 rings (SSSR count). The van der Waals surface area contributed by atoms with Crippen molar-refractivity contribution in [3.63, 3.8) is 0 Å². The van der Waals surface area contributed by atoms with Crippen LogP contribution in [0.5, 0.6) is 0 Å². The van der Waals surface area contributed by atoms with E-state index in [1.807, 2.05) is 32.9 Å².